The molecule has 3 heterocycles. The first kappa shape index (κ1) is 23.2. The summed E-state index contributed by atoms with van der Waals surface area (Å²) in [5.41, 5.74) is 2.42. The monoisotopic (exact) mass is 470 g/mol. The molecule has 0 fully saturated rings. The molecule has 0 aliphatic carbocycles. The van der Waals surface area contributed by atoms with Gasteiger partial charge in [-0.25, -0.2) is 9.78 Å². The Hall–Kier alpha value is -2.95. The number of rotatable bonds is 5. The minimum absolute atomic E-state index is 0.354. The van der Waals surface area contributed by atoms with Crippen LogP contribution in [0.15, 0.2) is 30.5 Å². The Balaban J connectivity index is 1.61. The molecule has 2 aromatic heterocycles. The molecule has 3 aromatic rings. The molecule has 1 amide bonds. The molecule has 1 aliphatic heterocycles. The van der Waals surface area contributed by atoms with Crippen molar-refractivity contribution in [1.29, 1.82) is 0 Å². The van der Waals surface area contributed by atoms with E-state index in [4.69, 9.17) is 9.72 Å². The number of ether oxygens (including phenoxy) is 1. The molecule has 1 unspecified atom stereocenters. The molecular formula is C23H30N6O3S. The maximum Gasteiger partial charge on any atom is 0.412 e. The first-order valence-corrected chi connectivity index (χ1v) is 11.7. The van der Waals surface area contributed by atoms with Gasteiger partial charge in [-0.15, -0.1) is 0 Å². The minimum Gasteiger partial charge on any atom is -0.444 e. The summed E-state index contributed by atoms with van der Waals surface area (Å²) in [7, 11) is 3.94. The third-order valence-corrected chi connectivity index (χ3v) is 6.20. The van der Waals surface area contributed by atoms with Crippen molar-refractivity contribution < 1.29 is 14.6 Å². The van der Waals surface area contributed by atoms with Gasteiger partial charge in [0.05, 0.1) is 5.52 Å². The van der Waals surface area contributed by atoms with Crippen molar-refractivity contribution in [3.05, 3.63) is 41.2 Å². The number of carbonyl (C=O) groups excluding carboxylic acids is 1. The largest absolute Gasteiger partial charge is 0.444 e. The van der Waals surface area contributed by atoms with Crippen LogP contribution in [0.2, 0.25) is 0 Å². The molecule has 0 spiro atoms. The molecule has 4 rings (SSSR count). The fraction of sp³-hybridized carbons (Fsp3) is 0.435. The van der Waals surface area contributed by atoms with Gasteiger partial charge in [-0.3, -0.25) is 10.00 Å². The van der Waals surface area contributed by atoms with Gasteiger partial charge in [-0.05, 0) is 58.0 Å². The van der Waals surface area contributed by atoms with Crippen molar-refractivity contribution >= 4 is 44.6 Å². The number of thiazole rings is 1. The van der Waals surface area contributed by atoms with Gasteiger partial charge < -0.3 is 20.1 Å². The number of aromatic nitrogens is 3. The second kappa shape index (κ2) is 9.12. The number of carbonyl (C=O) groups is 1. The topological polar surface area (TPSA) is 105 Å². The molecule has 9 nitrogen and oxygen atoms in total. The fourth-order valence-electron chi connectivity index (χ4n) is 3.57. The standard InChI is InChI=1S/C23H30N6O3S/c1-23(2,3)32-22(31)26-21-18(25-20(33-21)14-8-10-28(4)11-9-14)19(30)24-16-6-7-17-15(12-16)13-29(5)27-17/h6-8,12-13,19,24,30H,9-11H2,1-5H3,(H,26,31). The molecule has 0 saturated carbocycles. The second-order valence-electron chi connectivity index (χ2n) is 9.23. The van der Waals surface area contributed by atoms with Crippen LogP contribution in [0.3, 0.4) is 0 Å². The van der Waals surface area contributed by atoms with E-state index in [-0.39, 0.29) is 0 Å². The number of nitrogens with one attached hydrogen (secondary N) is 2. The number of hydrogen-bond donors (Lipinski definition) is 3. The van der Waals surface area contributed by atoms with Crippen LogP contribution in [0.5, 0.6) is 0 Å². The van der Waals surface area contributed by atoms with Gasteiger partial charge in [0.1, 0.15) is 21.3 Å². The molecule has 1 aliphatic rings. The third-order valence-electron chi connectivity index (χ3n) is 5.14. The third kappa shape index (κ3) is 5.70. The summed E-state index contributed by atoms with van der Waals surface area (Å²) in [5.74, 6) is 0. The second-order valence-corrected chi connectivity index (χ2v) is 10.2. The van der Waals surface area contributed by atoms with E-state index in [2.05, 4.69) is 33.8 Å². The Labute approximate surface area is 197 Å². The average molecular weight is 471 g/mol. The van der Waals surface area contributed by atoms with Crippen molar-refractivity contribution in [2.75, 3.05) is 30.8 Å². The SMILES string of the molecule is CN1CC=C(c2nc(C(O)Nc3ccc4nn(C)cc4c3)c(NC(=O)OC(C)(C)C)s2)CC1. The van der Waals surface area contributed by atoms with E-state index in [9.17, 15) is 9.90 Å². The van der Waals surface area contributed by atoms with E-state index in [1.807, 2.05) is 31.4 Å². The zero-order valence-electron chi connectivity index (χ0n) is 19.5. The highest BCUT2D eigenvalue weighted by atomic mass is 32.1. The predicted octanol–water partition coefficient (Wildman–Crippen LogP) is 4.20. The van der Waals surface area contributed by atoms with Gasteiger partial charge in [0.15, 0.2) is 6.23 Å². The number of amides is 1. The number of aliphatic hydroxyl groups excluding tert-OH is 1. The van der Waals surface area contributed by atoms with Gasteiger partial charge in [0, 0.05) is 37.4 Å². The van der Waals surface area contributed by atoms with Gasteiger partial charge in [0.2, 0.25) is 0 Å². The van der Waals surface area contributed by atoms with Crippen LogP contribution in [-0.2, 0) is 11.8 Å². The lowest BCUT2D eigenvalue weighted by atomic mass is 10.1. The van der Waals surface area contributed by atoms with E-state index >= 15 is 0 Å². The predicted molar refractivity (Wildman–Crippen MR) is 131 cm³/mol. The van der Waals surface area contributed by atoms with Crippen molar-refractivity contribution in [2.24, 2.45) is 7.05 Å². The summed E-state index contributed by atoms with van der Waals surface area (Å²) in [6.45, 7) is 7.19. The first-order valence-electron chi connectivity index (χ1n) is 10.8. The van der Waals surface area contributed by atoms with E-state index in [0.29, 0.717) is 10.7 Å². The number of likely N-dealkylation sites (N-methyl/N-ethyl adjacent to an activating group) is 1. The number of hydrogen-bond acceptors (Lipinski definition) is 8. The fourth-order valence-corrected chi connectivity index (χ4v) is 4.62. The zero-order valence-corrected chi connectivity index (χ0v) is 20.4. The molecule has 176 valence electrons. The summed E-state index contributed by atoms with van der Waals surface area (Å²) >= 11 is 1.34. The number of anilines is 2. The van der Waals surface area contributed by atoms with E-state index < -0.39 is 17.9 Å². The highest BCUT2D eigenvalue weighted by molar-refractivity contribution is 7.17. The van der Waals surface area contributed by atoms with E-state index in [1.54, 1.807) is 25.5 Å². The van der Waals surface area contributed by atoms with E-state index in [0.717, 1.165) is 46.7 Å². The molecule has 10 heteroatoms. The maximum atomic E-state index is 12.5. The van der Waals surface area contributed by atoms with Crippen molar-refractivity contribution in [2.45, 2.75) is 39.0 Å². The van der Waals surface area contributed by atoms with Crippen LogP contribution in [0.4, 0.5) is 15.5 Å². The first-order chi connectivity index (χ1) is 15.6. The molecule has 1 aromatic carbocycles. The Morgan fingerprint density at radius 2 is 2.09 bits per heavy atom. The van der Waals surface area contributed by atoms with Gasteiger partial charge in [-0.2, -0.15) is 5.10 Å². The van der Waals surface area contributed by atoms with Crippen molar-refractivity contribution in [3.63, 3.8) is 0 Å². The zero-order chi connectivity index (χ0) is 23.8. The summed E-state index contributed by atoms with van der Waals surface area (Å²) < 4.78 is 7.16. The molecule has 0 bridgehead atoms. The Bertz CT molecular complexity index is 1190. The van der Waals surface area contributed by atoms with Crippen LogP contribution in [-0.4, -0.2) is 56.6 Å². The summed E-state index contributed by atoms with van der Waals surface area (Å²) in [6, 6.07) is 5.66. The number of aryl methyl sites for hydroxylation is 1. The minimum atomic E-state index is -1.12. The maximum absolute atomic E-state index is 12.5. The van der Waals surface area contributed by atoms with Gasteiger partial charge >= 0.3 is 6.09 Å². The van der Waals surface area contributed by atoms with Crippen LogP contribution in [0.25, 0.3) is 16.5 Å². The highest BCUT2D eigenvalue weighted by Crippen LogP contribution is 2.36. The number of nitrogens with zero attached hydrogens (tertiary/aromatic N) is 4. The van der Waals surface area contributed by atoms with Crippen LogP contribution < -0.4 is 10.6 Å². The molecule has 1 atom stereocenters. The van der Waals surface area contributed by atoms with E-state index in [1.165, 1.54) is 11.3 Å². The number of benzene rings is 1. The number of fused-ring (bicyclic) bond motifs is 1. The molecule has 0 radical (unpaired) electrons. The smallest absolute Gasteiger partial charge is 0.412 e. The lowest BCUT2D eigenvalue weighted by Gasteiger charge is -2.20. The van der Waals surface area contributed by atoms with Crippen molar-refractivity contribution in [3.8, 4) is 0 Å². The molecular weight excluding hydrogens is 440 g/mol. The lowest BCUT2D eigenvalue weighted by Crippen LogP contribution is -2.27. The average Bonchev–Trinajstić information content (AvgIpc) is 3.29. The molecule has 0 saturated heterocycles. The summed E-state index contributed by atoms with van der Waals surface area (Å²) in [5, 5.41) is 23.5. The number of aliphatic hydroxyl groups is 1. The van der Waals surface area contributed by atoms with Gasteiger partial charge in [-0.1, -0.05) is 17.4 Å². The van der Waals surface area contributed by atoms with Crippen LogP contribution in [0, 0.1) is 0 Å². The molecule has 3 N–H and O–H groups in total. The Morgan fingerprint density at radius 3 is 2.79 bits per heavy atom. The van der Waals surface area contributed by atoms with Gasteiger partial charge in [0.25, 0.3) is 0 Å². The Kier molecular flexibility index (Phi) is 6.42. The van der Waals surface area contributed by atoms with Crippen LogP contribution >= 0.6 is 11.3 Å². The normalized spacial score (nSPS) is 15.9. The summed E-state index contributed by atoms with van der Waals surface area (Å²) in [6.07, 6.45) is 3.20. The highest BCUT2D eigenvalue weighted by Gasteiger charge is 2.25. The summed E-state index contributed by atoms with van der Waals surface area (Å²) in [4.78, 5) is 19.4. The van der Waals surface area contributed by atoms with Crippen LogP contribution in [0.1, 0.15) is 44.1 Å². The quantitative estimate of drug-likeness (QED) is 0.480. The molecule has 33 heavy (non-hydrogen) atoms. The Morgan fingerprint density at radius 1 is 1.30 bits per heavy atom. The lowest BCUT2D eigenvalue weighted by molar-refractivity contribution is 0.0636. The van der Waals surface area contributed by atoms with Crippen molar-refractivity contribution in [1.82, 2.24) is 19.7 Å².